The molecule has 1 aliphatic rings. The Kier molecular flexibility index (Phi) is 6.43. The molecule has 4 rings (SSSR count). The summed E-state index contributed by atoms with van der Waals surface area (Å²) in [7, 11) is 0. The summed E-state index contributed by atoms with van der Waals surface area (Å²) in [5, 5.41) is 4.19. The van der Waals surface area contributed by atoms with Gasteiger partial charge in [0.05, 0.1) is 5.69 Å². The predicted octanol–water partition coefficient (Wildman–Crippen LogP) is 1.23. The highest BCUT2D eigenvalue weighted by Gasteiger charge is 2.29. The van der Waals surface area contributed by atoms with Gasteiger partial charge in [-0.25, -0.2) is 19.4 Å². The van der Waals surface area contributed by atoms with Crippen LogP contribution in [0.3, 0.4) is 0 Å². The van der Waals surface area contributed by atoms with Gasteiger partial charge in [-0.2, -0.15) is 5.10 Å². The van der Waals surface area contributed by atoms with Crippen molar-refractivity contribution in [2.75, 3.05) is 31.1 Å². The van der Waals surface area contributed by atoms with Crippen LogP contribution in [0.1, 0.15) is 23.1 Å². The largest absolute Gasteiger partial charge is 0.448 e. The first-order chi connectivity index (χ1) is 15.9. The van der Waals surface area contributed by atoms with Crippen molar-refractivity contribution in [3.05, 3.63) is 76.5 Å². The Morgan fingerprint density at radius 1 is 1.00 bits per heavy atom. The number of aryl methyl sites for hydroxylation is 1. The molecular formula is C23H24N6O4. The molecule has 2 aromatic heterocycles. The highest BCUT2D eigenvalue weighted by Crippen LogP contribution is 2.12. The average Bonchev–Trinajstić information content (AvgIpc) is 2.84. The van der Waals surface area contributed by atoms with Gasteiger partial charge in [-0.15, -0.1) is 0 Å². The van der Waals surface area contributed by atoms with E-state index >= 15 is 0 Å². The van der Waals surface area contributed by atoms with E-state index < -0.39 is 17.5 Å². The van der Waals surface area contributed by atoms with E-state index in [9.17, 15) is 14.4 Å². The topological polar surface area (TPSA) is 111 Å². The van der Waals surface area contributed by atoms with Crippen molar-refractivity contribution in [2.45, 2.75) is 20.0 Å². The van der Waals surface area contributed by atoms with Crippen LogP contribution >= 0.6 is 0 Å². The van der Waals surface area contributed by atoms with E-state index in [2.05, 4.69) is 15.1 Å². The van der Waals surface area contributed by atoms with Crippen molar-refractivity contribution in [1.82, 2.24) is 24.6 Å². The monoisotopic (exact) mass is 448 g/mol. The normalized spacial score (nSPS) is 14.6. The van der Waals surface area contributed by atoms with Gasteiger partial charge in [0.15, 0.2) is 6.10 Å². The number of hydrogen-bond donors (Lipinski definition) is 0. The first-order valence-electron chi connectivity index (χ1n) is 10.6. The highest BCUT2D eigenvalue weighted by atomic mass is 16.5. The number of ether oxygens (including phenoxy) is 1. The second-order valence-electron chi connectivity index (χ2n) is 7.65. The number of amides is 1. The predicted molar refractivity (Wildman–Crippen MR) is 120 cm³/mol. The van der Waals surface area contributed by atoms with Gasteiger partial charge in [0.2, 0.25) is 17.1 Å². The minimum atomic E-state index is -1.05. The molecule has 10 heteroatoms. The molecule has 1 amide bonds. The van der Waals surface area contributed by atoms with Crippen LogP contribution in [-0.4, -0.2) is 68.8 Å². The van der Waals surface area contributed by atoms with Gasteiger partial charge < -0.3 is 14.5 Å². The lowest BCUT2D eigenvalue weighted by Crippen LogP contribution is -2.52. The lowest BCUT2D eigenvalue weighted by Gasteiger charge is -2.35. The number of rotatable bonds is 5. The summed E-state index contributed by atoms with van der Waals surface area (Å²) < 4.78 is 6.83. The van der Waals surface area contributed by atoms with Crippen LogP contribution in [0.25, 0.3) is 5.69 Å². The van der Waals surface area contributed by atoms with Crippen molar-refractivity contribution < 1.29 is 14.3 Å². The fourth-order valence-electron chi connectivity index (χ4n) is 3.62. The summed E-state index contributed by atoms with van der Waals surface area (Å²) >= 11 is 0. The number of hydrogen-bond acceptors (Lipinski definition) is 8. The number of carbonyl (C=O) groups excluding carboxylic acids is 2. The number of esters is 1. The Hall–Kier alpha value is -4.08. The van der Waals surface area contributed by atoms with E-state index in [0.717, 1.165) is 0 Å². The van der Waals surface area contributed by atoms with E-state index in [1.165, 1.54) is 17.7 Å². The third-order valence-electron chi connectivity index (χ3n) is 5.36. The summed E-state index contributed by atoms with van der Waals surface area (Å²) in [5.41, 5.74) is 0.358. The minimum absolute atomic E-state index is 0.326. The maximum atomic E-state index is 12.8. The molecule has 0 spiro atoms. The van der Waals surface area contributed by atoms with Crippen molar-refractivity contribution in [3.63, 3.8) is 0 Å². The van der Waals surface area contributed by atoms with Gasteiger partial charge in [-0.3, -0.25) is 9.59 Å². The number of carbonyl (C=O) groups is 2. The Bertz CT molecular complexity index is 1190. The summed E-state index contributed by atoms with van der Waals surface area (Å²) in [6.45, 7) is 5.25. The van der Waals surface area contributed by atoms with Crippen molar-refractivity contribution in [3.8, 4) is 5.69 Å². The van der Waals surface area contributed by atoms with Gasteiger partial charge in [0.1, 0.15) is 0 Å². The van der Waals surface area contributed by atoms with Gasteiger partial charge in [0, 0.05) is 50.3 Å². The number of anilines is 1. The van der Waals surface area contributed by atoms with Crippen LogP contribution < -0.4 is 10.3 Å². The molecule has 1 saturated heterocycles. The molecule has 170 valence electrons. The zero-order valence-electron chi connectivity index (χ0n) is 18.4. The van der Waals surface area contributed by atoms with Gasteiger partial charge >= 0.3 is 5.97 Å². The van der Waals surface area contributed by atoms with Gasteiger partial charge in [0.25, 0.3) is 5.91 Å². The minimum Gasteiger partial charge on any atom is -0.448 e. The fraction of sp³-hybridized carbons (Fsp3) is 0.304. The number of aromatic nitrogens is 4. The molecule has 0 N–H and O–H groups in total. The third kappa shape index (κ3) is 4.89. The van der Waals surface area contributed by atoms with Crippen LogP contribution in [-0.2, 0) is 9.53 Å². The molecule has 1 aliphatic heterocycles. The van der Waals surface area contributed by atoms with Crippen LogP contribution in [0, 0.1) is 6.92 Å². The molecule has 3 heterocycles. The number of para-hydroxylation sites is 1. The van der Waals surface area contributed by atoms with Crippen LogP contribution in [0.4, 0.5) is 5.95 Å². The second-order valence-corrected chi connectivity index (χ2v) is 7.65. The van der Waals surface area contributed by atoms with Gasteiger partial charge in [-0.05, 0) is 32.0 Å². The average molecular weight is 448 g/mol. The van der Waals surface area contributed by atoms with E-state index in [1.807, 2.05) is 35.2 Å². The quantitative estimate of drug-likeness (QED) is 0.536. The SMILES string of the molecule is Cc1cc(=O)c(C(=O)OC(C)C(=O)N2CCN(c3ncccn3)CC2)nn1-c1ccccc1. The number of piperazine rings is 1. The van der Waals surface area contributed by atoms with Gasteiger partial charge in [-0.1, -0.05) is 18.2 Å². The third-order valence-corrected chi connectivity index (χ3v) is 5.36. The zero-order chi connectivity index (χ0) is 23.4. The molecule has 10 nitrogen and oxygen atoms in total. The molecule has 3 aromatic rings. The smallest absolute Gasteiger partial charge is 0.363 e. The first kappa shape index (κ1) is 22.1. The maximum absolute atomic E-state index is 12.8. The summed E-state index contributed by atoms with van der Waals surface area (Å²) in [6.07, 6.45) is 2.29. The molecule has 33 heavy (non-hydrogen) atoms. The summed E-state index contributed by atoms with van der Waals surface area (Å²) in [6, 6.07) is 12.2. The Balaban J connectivity index is 1.41. The molecule has 0 saturated carbocycles. The highest BCUT2D eigenvalue weighted by molar-refractivity contribution is 5.90. The fourth-order valence-corrected chi connectivity index (χ4v) is 3.62. The molecule has 1 fully saturated rings. The Morgan fingerprint density at radius 2 is 1.67 bits per heavy atom. The summed E-state index contributed by atoms with van der Waals surface area (Å²) in [5.74, 6) is -0.640. The molecule has 1 unspecified atom stereocenters. The lowest BCUT2D eigenvalue weighted by molar-refractivity contribution is -0.140. The second kappa shape index (κ2) is 9.60. The molecule has 1 atom stereocenters. The molecule has 0 bridgehead atoms. The van der Waals surface area contributed by atoms with E-state index in [1.54, 1.807) is 30.3 Å². The van der Waals surface area contributed by atoms with E-state index in [0.29, 0.717) is 43.5 Å². The van der Waals surface area contributed by atoms with E-state index in [-0.39, 0.29) is 11.6 Å². The lowest BCUT2D eigenvalue weighted by atomic mass is 10.2. The standard InChI is InChI=1S/C23H24N6O4/c1-16-15-19(30)20(26-29(16)18-7-4-3-5-8-18)22(32)33-17(2)21(31)27-11-13-28(14-12-27)23-24-9-6-10-25-23/h3-10,15,17H,11-14H2,1-2H3. The summed E-state index contributed by atoms with van der Waals surface area (Å²) in [4.78, 5) is 50.0. The van der Waals surface area contributed by atoms with Crippen LogP contribution in [0.2, 0.25) is 0 Å². The molecule has 1 aromatic carbocycles. The number of benzene rings is 1. The number of nitrogens with zero attached hydrogens (tertiary/aromatic N) is 6. The Morgan fingerprint density at radius 3 is 2.33 bits per heavy atom. The molecule has 0 radical (unpaired) electrons. The van der Waals surface area contributed by atoms with Crippen LogP contribution in [0.5, 0.6) is 0 Å². The van der Waals surface area contributed by atoms with Crippen LogP contribution in [0.15, 0.2) is 59.7 Å². The molecular weight excluding hydrogens is 424 g/mol. The maximum Gasteiger partial charge on any atom is 0.363 e. The first-order valence-corrected chi connectivity index (χ1v) is 10.6. The molecule has 0 aliphatic carbocycles. The van der Waals surface area contributed by atoms with E-state index in [4.69, 9.17) is 4.74 Å². The van der Waals surface area contributed by atoms with Crippen molar-refractivity contribution in [2.24, 2.45) is 0 Å². The van der Waals surface area contributed by atoms with Crippen molar-refractivity contribution >= 4 is 17.8 Å². The van der Waals surface area contributed by atoms with Crippen molar-refractivity contribution in [1.29, 1.82) is 0 Å². The Labute approximate surface area is 190 Å². The zero-order valence-corrected chi connectivity index (χ0v) is 18.4.